The largest absolute Gasteiger partial charge is 0.442 e. The highest BCUT2D eigenvalue weighted by atomic mass is 19.1. The van der Waals surface area contributed by atoms with Crippen LogP contribution in [0.5, 0.6) is 0 Å². The second kappa shape index (κ2) is 5.85. The number of hydrogen-bond acceptors (Lipinski definition) is 3. The van der Waals surface area contributed by atoms with Crippen LogP contribution < -0.4 is 0 Å². The second-order valence-corrected chi connectivity index (χ2v) is 6.14. The first kappa shape index (κ1) is 15.5. The van der Waals surface area contributed by atoms with Gasteiger partial charge in [-0.25, -0.2) is 9.18 Å². The Labute approximate surface area is 123 Å². The number of carbonyl (C=O) groups excluding carboxylic acids is 1. The Hall–Kier alpha value is -1.88. The van der Waals surface area contributed by atoms with E-state index in [-0.39, 0.29) is 11.7 Å². The van der Waals surface area contributed by atoms with Crippen molar-refractivity contribution in [2.45, 2.75) is 44.8 Å². The van der Waals surface area contributed by atoms with Gasteiger partial charge in [0.15, 0.2) is 0 Å². The van der Waals surface area contributed by atoms with Gasteiger partial charge in [-0.1, -0.05) is 24.3 Å². The normalized spacial score (nSPS) is 21.4. The molecule has 21 heavy (non-hydrogen) atoms. The Morgan fingerprint density at radius 2 is 2.14 bits per heavy atom. The summed E-state index contributed by atoms with van der Waals surface area (Å²) in [5.41, 5.74) is 0.0368. The molecule has 0 saturated carbocycles. The summed E-state index contributed by atoms with van der Waals surface area (Å²) in [5, 5.41) is 10.7. The van der Waals surface area contributed by atoms with E-state index in [1.807, 2.05) is 12.2 Å². The Morgan fingerprint density at radius 3 is 2.76 bits per heavy atom. The molecule has 0 radical (unpaired) electrons. The van der Waals surface area contributed by atoms with E-state index in [1.54, 1.807) is 32.9 Å². The van der Waals surface area contributed by atoms with E-state index >= 15 is 0 Å². The van der Waals surface area contributed by atoms with Gasteiger partial charge in [-0.15, -0.1) is 0 Å². The predicted octanol–water partition coefficient (Wildman–Crippen LogP) is 3.86. The molecular weight excluding hydrogens is 273 g/mol. The summed E-state index contributed by atoms with van der Waals surface area (Å²) in [6, 6.07) is 5.68. The number of amides is 1. The smallest absolute Gasteiger partial charge is 0.434 e. The van der Waals surface area contributed by atoms with Gasteiger partial charge >= 0.3 is 6.09 Å². The molecule has 1 N–H and O–H groups in total. The molecule has 2 rings (SSSR count). The van der Waals surface area contributed by atoms with Crippen LogP contribution in [0.4, 0.5) is 9.18 Å². The summed E-state index contributed by atoms with van der Waals surface area (Å²) in [4.78, 5) is 11.9. The molecule has 1 aromatic carbocycles. The first-order chi connectivity index (χ1) is 9.78. The summed E-state index contributed by atoms with van der Waals surface area (Å²) >= 11 is 0. The fourth-order valence-electron chi connectivity index (χ4n) is 2.38. The molecule has 0 bridgehead atoms. The maximum atomic E-state index is 13.3. The Bertz CT molecular complexity index is 551. The Morgan fingerprint density at radius 1 is 1.43 bits per heavy atom. The molecule has 0 aromatic heterocycles. The minimum Gasteiger partial charge on any atom is -0.442 e. The lowest BCUT2D eigenvalue weighted by Gasteiger charge is -2.30. The van der Waals surface area contributed by atoms with E-state index < -0.39 is 17.7 Å². The van der Waals surface area contributed by atoms with Crippen molar-refractivity contribution in [3.8, 4) is 0 Å². The molecule has 0 fully saturated rings. The molecule has 1 amide bonds. The number of hydrogen-bond donors (Lipinski definition) is 1. The van der Waals surface area contributed by atoms with Crippen LogP contribution in [0.15, 0.2) is 36.4 Å². The molecule has 4 nitrogen and oxygen atoms in total. The SMILES string of the molecule is CC(C)(C)OC(=O)N(O)[C@H]1CC=C[C@H]1c1cccc(F)c1. The van der Waals surface area contributed by atoms with Crippen molar-refractivity contribution in [3.05, 3.63) is 47.8 Å². The first-order valence-electron chi connectivity index (χ1n) is 6.91. The predicted molar refractivity (Wildman–Crippen MR) is 76.5 cm³/mol. The van der Waals surface area contributed by atoms with Crippen LogP contribution in [-0.4, -0.2) is 28.0 Å². The van der Waals surface area contributed by atoms with E-state index in [0.29, 0.717) is 11.5 Å². The van der Waals surface area contributed by atoms with E-state index in [1.165, 1.54) is 12.1 Å². The maximum absolute atomic E-state index is 13.3. The average molecular weight is 293 g/mol. The number of hydroxylamine groups is 2. The van der Waals surface area contributed by atoms with Gasteiger partial charge in [0.1, 0.15) is 11.4 Å². The topological polar surface area (TPSA) is 49.8 Å². The summed E-state index contributed by atoms with van der Waals surface area (Å²) in [6.45, 7) is 5.20. The minimum absolute atomic E-state index is 0.252. The average Bonchev–Trinajstić information content (AvgIpc) is 2.84. The van der Waals surface area contributed by atoms with Crippen molar-refractivity contribution in [2.75, 3.05) is 0 Å². The maximum Gasteiger partial charge on any atom is 0.434 e. The lowest BCUT2D eigenvalue weighted by atomic mass is 9.94. The fourth-order valence-corrected chi connectivity index (χ4v) is 2.38. The molecule has 0 spiro atoms. The lowest BCUT2D eigenvalue weighted by Crippen LogP contribution is -2.42. The highest BCUT2D eigenvalue weighted by molar-refractivity contribution is 5.67. The number of halogens is 1. The van der Waals surface area contributed by atoms with Gasteiger partial charge in [0.25, 0.3) is 0 Å². The van der Waals surface area contributed by atoms with Crippen LogP contribution in [0, 0.1) is 5.82 Å². The molecule has 0 saturated heterocycles. The number of rotatable bonds is 2. The summed E-state index contributed by atoms with van der Waals surface area (Å²) in [5.74, 6) is -0.591. The quantitative estimate of drug-likeness (QED) is 0.511. The van der Waals surface area contributed by atoms with Crippen LogP contribution in [0.3, 0.4) is 0 Å². The summed E-state index contributed by atoms with van der Waals surface area (Å²) < 4.78 is 18.5. The third-order valence-electron chi connectivity index (χ3n) is 3.26. The monoisotopic (exact) mass is 293 g/mol. The van der Waals surface area contributed by atoms with Gasteiger partial charge in [0.05, 0.1) is 6.04 Å². The summed E-state index contributed by atoms with van der Waals surface area (Å²) in [7, 11) is 0. The van der Waals surface area contributed by atoms with Crippen LogP contribution in [-0.2, 0) is 4.74 Å². The molecule has 0 unspecified atom stereocenters. The van der Waals surface area contributed by atoms with Crippen LogP contribution in [0.25, 0.3) is 0 Å². The van der Waals surface area contributed by atoms with E-state index in [4.69, 9.17) is 4.74 Å². The number of benzene rings is 1. The first-order valence-corrected chi connectivity index (χ1v) is 6.91. The Kier molecular flexibility index (Phi) is 4.32. The molecule has 1 aromatic rings. The molecule has 2 atom stereocenters. The van der Waals surface area contributed by atoms with Crippen molar-refractivity contribution in [1.82, 2.24) is 5.06 Å². The zero-order valence-electron chi connectivity index (χ0n) is 12.4. The van der Waals surface area contributed by atoms with Crippen molar-refractivity contribution >= 4 is 6.09 Å². The highest BCUT2D eigenvalue weighted by Gasteiger charge is 2.34. The van der Waals surface area contributed by atoms with Gasteiger partial charge in [0, 0.05) is 5.92 Å². The zero-order chi connectivity index (χ0) is 15.6. The number of nitrogens with zero attached hydrogens (tertiary/aromatic N) is 1. The van der Waals surface area contributed by atoms with Gasteiger partial charge in [-0.2, -0.15) is 5.06 Å². The summed E-state index contributed by atoms with van der Waals surface area (Å²) in [6.07, 6.45) is 3.44. The van der Waals surface area contributed by atoms with Crippen LogP contribution in [0.2, 0.25) is 0 Å². The highest BCUT2D eigenvalue weighted by Crippen LogP contribution is 2.33. The van der Waals surface area contributed by atoms with E-state index in [0.717, 1.165) is 5.56 Å². The number of ether oxygens (including phenoxy) is 1. The minimum atomic E-state index is -0.794. The second-order valence-electron chi connectivity index (χ2n) is 6.14. The van der Waals surface area contributed by atoms with Gasteiger partial charge < -0.3 is 4.74 Å². The van der Waals surface area contributed by atoms with Crippen molar-refractivity contribution in [3.63, 3.8) is 0 Å². The van der Waals surface area contributed by atoms with E-state index in [9.17, 15) is 14.4 Å². The molecular formula is C16H20FNO3. The zero-order valence-corrected chi connectivity index (χ0v) is 12.4. The van der Waals surface area contributed by atoms with Crippen LogP contribution >= 0.6 is 0 Å². The molecule has 1 aliphatic carbocycles. The van der Waals surface area contributed by atoms with Crippen molar-refractivity contribution in [2.24, 2.45) is 0 Å². The Balaban J connectivity index is 2.14. The molecule has 0 aliphatic heterocycles. The third-order valence-corrected chi connectivity index (χ3v) is 3.26. The molecule has 5 heteroatoms. The third kappa shape index (κ3) is 3.82. The molecule has 1 aliphatic rings. The van der Waals surface area contributed by atoms with Gasteiger partial charge in [-0.3, -0.25) is 5.21 Å². The molecule has 114 valence electrons. The van der Waals surface area contributed by atoms with Crippen molar-refractivity contribution in [1.29, 1.82) is 0 Å². The van der Waals surface area contributed by atoms with Crippen molar-refractivity contribution < 1.29 is 19.1 Å². The van der Waals surface area contributed by atoms with Gasteiger partial charge in [-0.05, 0) is 44.9 Å². The molecule has 0 heterocycles. The van der Waals surface area contributed by atoms with Gasteiger partial charge in [0.2, 0.25) is 0 Å². The van der Waals surface area contributed by atoms with E-state index in [2.05, 4.69) is 0 Å². The van der Waals surface area contributed by atoms with Crippen LogP contribution in [0.1, 0.15) is 38.7 Å². The number of carbonyl (C=O) groups is 1. The lowest BCUT2D eigenvalue weighted by molar-refractivity contribution is -0.120. The fraction of sp³-hybridized carbons (Fsp3) is 0.438. The standard InChI is InChI=1S/C16H20FNO3/c1-16(2,3)21-15(19)18(20)14-9-5-8-13(14)11-6-4-7-12(17)10-11/h4-8,10,13-14,20H,9H2,1-3H3/t13-,14-/m0/s1.